The van der Waals surface area contributed by atoms with Gasteiger partial charge in [0.1, 0.15) is 6.61 Å². The third-order valence-electron chi connectivity index (χ3n) is 5.05. The van der Waals surface area contributed by atoms with E-state index in [4.69, 9.17) is 32.7 Å². The van der Waals surface area contributed by atoms with Gasteiger partial charge in [0.25, 0.3) is 11.6 Å². The van der Waals surface area contributed by atoms with Crippen LogP contribution < -0.4 is 14.9 Å². The Kier molecular flexibility index (Phi) is 8.65. The fraction of sp³-hybridized carbons (Fsp3) is 0.120. The summed E-state index contributed by atoms with van der Waals surface area (Å²) in [6.07, 6.45) is 1.48. The molecular weight excluding hydrogens is 605 g/mol. The first-order chi connectivity index (χ1) is 17.7. The molecule has 0 fully saturated rings. The van der Waals surface area contributed by atoms with Crippen molar-refractivity contribution in [1.82, 2.24) is 5.43 Å². The highest BCUT2D eigenvalue weighted by Gasteiger charge is 2.14. The predicted octanol–water partition coefficient (Wildman–Crippen LogP) is 7.62. The number of benzene rings is 3. The fourth-order valence-electron chi connectivity index (χ4n) is 3.29. The number of nitrogens with zero attached hydrogens (tertiary/aromatic N) is 2. The number of hydrogen-bond acceptors (Lipinski definition) is 7. The summed E-state index contributed by atoms with van der Waals surface area (Å²) < 4.78 is 13.1. The predicted molar refractivity (Wildman–Crippen MR) is 150 cm³/mol. The Balaban J connectivity index is 1.46. The second-order valence-corrected chi connectivity index (χ2v) is 10.3. The first kappa shape index (κ1) is 26.9. The SMILES string of the molecule is CCOc1cc(/C=N\NC(=O)c2cc3cc([N+](=O)[O-])ccc3s2)c(Br)cc1OCc1ccc(Cl)c(Cl)c1. The van der Waals surface area contributed by atoms with E-state index < -0.39 is 10.8 Å². The molecule has 190 valence electrons. The van der Waals surface area contributed by atoms with Gasteiger partial charge in [0.15, 0.2) is 11.5 Å². The van der Waals surface area contributed by atoms with Crippen LogP contribution in [0.4, 0.5) is 5.69 Å². The number of hydrogen-bond donors (Lipinski definition) is 1. The van der Waals surface area contributed by atoms with Crippen LogP contribution in [-0.2, 0) is 6.61 Å². The van der Waals surface area contributed by atoms with Crippen LogP contribution in [-0.4, -0.2) is 23.7 Å². The molecule has 0 atom stereocenters. The highest BCUT2D eigenvalue weighted by Crippen LogP contribution is 2.34. The van der Waals surface area contributed by atoms with Gasteiger partial charge in [-0.3, -0.25) is 14.9 Å². The van der Waals surface area contributed by atoms with E-state index in [-0.39, 0.29) is 12.3 Å². The second kappa shape index (κ2) is 11.9. The van der Waals surface area contributed by atoms with E-state index in [1.807, 2.05) is 13.0 Å². The van der Waals surface area contributed by atoms with Crippen LogP contribution in [0.1, 0.15) is 27.7 Å². The van der Waals surface area contributed by atoms with Gasteiger partial charge in [-0.25, -0.2) is 5.43 Å². The summed E-state index contributed by atoms with van der Waals surface area (Å²) in [5, 5.41) is 16.6. The molecule has 0 aliphatic rings. The van der Waals surface area contributed by atoms with Crippen molar-refractivity contribution in [3.8, 4) is 11.5 Å². The van der Waals surface area contributed by atoms with E-state index >= 15 is 0 Å². The number of thiophene rings is 1. The smallest absolute Gasteiger partial charge is 0.281 e. The summed E-state index contributed by atoms with van der Waals surface area (Å²) in [4.78, 5) is 23.5. The molecule has 0 radical (unpaired) electrons. The molecule has 1 heterocycles. The number of rotatable bonds is 9. The Morgan fingerprint density at radius 2 is 1.89 bits per heavy atom. The number of carbonyl (C=O) groups is 1. The van der Waals surface area contributed by atoms with E-state index in [9.17, 15) is 14.9 Å². The molecule has 0 saturated heterocycles. The van der Waals surface area contributed by atoms with E-state index in [0.717, 1.165) is 10.3 Å². The van der Waals surface area contributed by atoms with Gasteiger partial charge >= 0.3 is 0 Å². The zero-order valence-corrected chi connectivity index (χ0v) is 23.1. The average molecular weight is 623 g/mol. The van der Waals surface area contributed by atoms with Gasteiger partial charge in [-0.15, -0.1) is 11.3 Å². The molecule has 0 saturated carbocycles. The number of carbonyl (C=O) groups excluding carboxylic acids is 1. The number of nitrogens with one attached hydrogen (secondary N) is 1. The van der Waals surface area contributed by atoms with E-state index in [2.05, 4.69) is 26.5 Å². The number of non-ortho nitro benzene ring substituents is 1. The Morgan fingerprint density at radius 3 is 2.62 bits per heavy atom. The van der Waals surface area contributed by atoms with Gasteiger partial charge < -0.3 is 9.47 Å². The zero-order valence-electron chi connectivity index (χ0n) is 19.2. The van der Waals surface area contributed by atoms with Crippen LogP contribution in [0, 0.1) is 10.1 Å². The first-order valence-corrected chi connectivity index (χ1v) is 13.2. The van der Waals surface area contributed by atoms with Crippen molar-refractivity contribution < 1.29 is 19.2 Å². The lowest BCUT2D eigenvalue weighted by molar-refractivity contribution is -0.384. The molecule has 8 nitrogen and oxygen atoms in total. The van der Waals surface area contributed by atoms with Gasteiger partial charge in [0, 0.05) is 32.3 Å². The first-order valence-electron chi connectivity index (χ1n) is 10.8. The molecule has 37 heavy (non-hydrogen) atoms. The molecular formula is C25H18BrCl2N3O5S. The van der Waals surface area contributed by atoms with Crippen LogP contribution in [0.2, 0.25) is 10.0 Å². The minimum Gasteiger partial charge on any atom is -0.490 e. The van der Waals surface area contributed by atoms with Crippen molar-refractivity contribution in [1.29, 1.82) is 0 Å². The van der Waals surface area contributed by atoms with E-state index in [0.29, 0.717) is 48.5 Å². The summed E-state index contributed by atoms with van der Waals surface area (Å²) in [5.41, 5.74) is 3.95. The molecule has 0 bridgehead atoms. The zero-order chi connectivity index (χ0) is 26.5. The molecule has 0 spiro atoms. The monoisotopic (exact) mass is 621 g/mol. The summed E-state index contributed by atoms with van der Waals surface area (Å²) in [6, 6.07) is 14.8. The van der Waals surface area contributed by atoms with Gasteiger partial charge in [0.05, 0.1) is 32.7 Å². The lowest BCUT2D eigenvalue weighted by Gasteiger charge is -2.14. The van der Waals surface area contributed by atoms with E-state index in [1.54, 1.807) is 36.4 Å². The third-order valence-corrected chi connectivity index (χ3v) is 7.59. The number of nitro benzene ring substituents is 1. The molecule has 0 aliphatic heterocycles. The summed E-state index contributed by atoms with van der Waals surface area (Å²) in [6.45, 7) is 2.53. The highest BCUT2D eigenvalue weighted by atomic mass is 79.9. The summed E-state index contributed by atoms with van der Waals surface area (Å²) in [7, 11) is 0. The van der Waals surface area contributed by atoms with Gasteiger partial charge in [-0.05, 0) is 64.8 Å². The maximum atomic E-state index is 12.6. The van der Waals surface area contributed by atoms with Crippen LogP contribution in [0.3, 0.4) is 0 Å². The third kappa shape index (κ3) is 6.58. The molecule has 0 aliphatic carbocycles. The van der Waals surface area contributed by atoms with E-state index in [1.165, 1.54) is 29.7 Å². The molecule has 0 unspecified atom stereocenters. The number of amides is 1. The molecule has 3 aromatic carbocycles. The topological polar surface area (TPSA) is 103 Å². The molecule has 4 rings (SSSR count). The van der Waals surface area contributed by atoms with Gasteiger partial charge in [-0.1, -0.05) is 29.3 Å². The molecule has 4 aromatic rings. The lowest BCUT2D eigenvalue weighted by Crippen LogP contribution is -2.16. The van der Waals surface area contributed by atoms with Crippen molar-refractivity contribution in [2.75, 3.05) is 6.61 Å². The van der Waals surface area contributed by atoms with Crippen molar-refractivity contribution in [3.05, 3.63) is 95.2 Å². The van der Waals surface area contributed by atoms with Crippen molar-refractivity contribution >= 4 is 78.4 Å². The van der Waals surface area contributed by atoms with Crippen molar-refractivity contribution in [2.24, 2.45) is 5.10 Å². The van der Waals surface area contributed by atoms with Crippen molar-refractivity contribution in [3.63, 3.8) is 0 Å². The number of fused-ring (bicyclic) bond motifs is 1. The summed E-state index contributed by atoms with van der Waals surface area (Å²) >= 11 is 16.8. The molecule has 12 heteroatoms. The minimum atomic E-state index is -0.473. The highest BCUT2D eigenvalue weighted by molar-refractivity contribution is 9.10. The molecule has 1 amide bonds. The molecule has 1 aromatic heterocycles. The number of halogens is 3. The molecule has 1 N–H and O–H groups in total. The Morgan fingerprint density at radius 1 is 1.11 bits per heavy atom. The number of nitro groups is 1. The Hall–Kier alpha value is -3.18. The Labute approximate surface area is 234 Å². The minimum absolute atomic E-state index is 0.0328. The van der Waals surface area contributed by atoms with Gasteiger partial charge in [-0.2, -0.15) is 5.10 Å². The number of ether oxygens (including phenoxy) is 2. The lowest BCUT2D eigenvalue weighted by atomic mass is 10.2. The van der Waals surface area contributed by atoms with Crippen LogP contribution in [0.5, 0.6) is 11.5 Å². The average Bonchev–Trinajstić information content (AvgIpc) is 3.30. The van der Waals surface area contributed by atoms with Crippen molar-refractivity contribution in [2.45, 2.75) is 13.5 Å². The standard InChI is InChI=1S/C25H18BrCl2N3O5S/c1-2-35-21-9-16(18(26)11-22(21)36-13-14-3-5-19(27)20(28)7-14)12-29-30-25(32)24-10-15-8-17(31(33)34)4-6-23(15)37-24/h3-12H,2,13H2,1H3,(H,30,32)/b29-12-. The maximum Gasteiger partial charge on any atom is 0.281 e. The normalized spacial score (nSPS) is 11.1. The van der Waals surface area contributed by atoms with Crippen LogP contribution >= 0.6 is 50.5 Å². The van der Waals surface area contributed by atoms with Crippen LogP contribution in [0.15, 0.2) is 64.2 Å². The number of hydrazone groups is 1. The largest absolute Gasteiger partial charge is 0.490 e. The Bertz CT molecular complexity index is 1530. The fourth-order valence-corrected chi connectivity index (χ4v) is 4.97. The quantitative estimate of drug-likeness (QED) is 0.117. The summed E-state index contributed by atoms with van der Waals surface area (Å²) in [5.74, 6) is 0.591. The van der Waals surface area contributed by atoms with Gasteiger partial charge in [0.2, 0.25) is 0 Å². The maximum absolute atomic E-state index is 12.6. The second-order valence-electron chi connectivity index (χ2n) is 7.58. The van der Waals surface area contributed by atoms with Crippen LogP contribution in [0.25, 0.3) is 10.1 Å².